The molecule has 21 heteroatoms. The molecule has 0 spiro atoms. The Morgan fingerprint density at radius 2 is 1.51 bits per heavy atom. The number of carbonyl (C=O) groups excluding carboxylic acids is 4. The number of carbonyl (C=O) groups is 4. The number of methoxy groups -OCH3 is 2. The van der Waals surface area contributed by atoms with Gasteiger partial charge in [0.15, 0.2) is 0 Å². The molecule has 5 N–H and O–H groups in total. The Kier molecular flexibility index (Phi) is 13.5. The molecule has 0 radical (unpaired) electrons. The van der Waals surface area contributed by atoms with Crippen molar-refractivity contribution in [2.75, 3.05) is 33.9 Å². The summed E-state index contributed by atoms with van der Waals surface area (Å²) in [6.45, 7) is 12.5. The predicted molar refractivity (Wildman–Crippen MR) is 272 cm³/mol. The lowest BCUT2D eigenvalue weighted by Gasteiger charge is -2.40. The topological polar surface area (TPSA) is 231 Å². The third-order valence-corrected chi connectivity index (χ3v) is 16.1. The number of benzene rings is 2. The molecule has 3 fully saturated rings. The third kappa shape index (κ3) is 9.60. The number of aliphatic hydroxyl groups is 1. The van der Waals surface area contributed by atoms with Crippen LogP contribution in [0, 0.1) is 17.7 Å². The summed E-state index contributed by atoms with van der Waals surface area (Å²) in [5.41, 5.74) is 2.49. The first-order valence-corrected chi connectivity index (χ1v) is 26.0. The van der Waals surface area contributed by atoms with Crippen molar-refractivity contribution < 1.29 is 47.6 Å². The van der Waals surface area contributed by atoms with Crippen LogP contribution in [0.25, 0.3) is 44.7 Å². The lowest BCUT2D eigenvalue weighted by atomic mass is 9.82. The van der Waals surface area contributed by atoms with E-state index >= 15 is 4.39 Å². The van der Waals surface area contributed by atoms with Gasteiger partial charge < -0.3 is 54.5 Å². The van der Waals surface area contributed by atoms with E-state index in [0.717, 1.165) is 35.0 Å². The van der Waals surface area contributed by atoms with E-state index in [0.29, 0.717) is 89.6 Å². The number of nitrogens with one attached hydrogen (secondary N) is 4. The monoisotopic (exact) mass is 1030 g/mol. The van der Waals surface area contributed by atoms with E-state index in [-0.39, 0.29) is 35.3 Å². The normalized spacial score (nSPS) is 21.2. The molecule has 2 unspecified atom stereocenters. The summed E-state index contributed by atoms with van der Waals surface area (Å²) < 4.78 is 41.5. The van der Waals surface area contributed by atoms with Gasteiger partial charge in [0.05, 0.1) is 77.3 Å². The molecule has 0 aliphatic carbocycles. The number of likely N-dealkylation sites (tertiary alicyclic amines) is 2. The fourth-order valence-electron chi connectivity index (χ4n) is 11.1. The number of hydrogen-bond acceptors (Lipinski definition) is 13. The summed E-state index contributed by atoms with van der Waals surface area (Å²) in [6.07, 6.45) is 6.97. The molecule has 8 heterocycles. The van der Waals surface area contributed by atoms with E-state index in [2.05, 4.69) is 30.6 Å². The number of aromatic amines is 2. The van der Waals surface area contributed by atoms with Crippen LogP contribution in [0.3, 0.4) is 0 Å². The average Bonchev–Trinajstić information content (AvgIpc) is 4.23. The zero-order chi connectivity index (χ0) is 52.4. The summed E-state index contributed by atoms with van der Waals surface area (Å²) in [4.78, 5) is 78.2. The highest BCUT2D eigenvalue weighted by Crippen LogP contribution is 2.49. The Labute approximate surface area is 431 Å². The van der Waals surface area contributed by atoms with E-state index in [1.54, 1.807) is 43.4 Å². The molecule has 19 nitrogen and oxygen atoms in total. The average molecular weight is 1040 g/mol. The number of nitrogens with zero attached hydrogens (tertiary/aromatic N) is 6. The number of H-pyrrole nitrogens is 2. The van der Waals surface area contributed by atoms with Gasteiger partial charge in [0.25, 0.3) is 0 Å². The first-order valence-electron chi connectivity index (χ1n) is 25.2. The standard InChI is InChI=1S/C53H63FN10O9S/c1-27(2)42(60-50(67)70-7)46(65)62-16-9-11-36(62)45-56-25-34(59-45)30-20-32(54)41-38-21-31-19-28(13-14-35(31)64(38)48(73-39(41)22-30)40-26-57-49(74-40)53(5,6)69)33-24-55-44(58-33)37-12-10-17-63(37)47(66)43(61-51(68)71-8)29-15-18-72-52(3,4)23-29/h13-14,19-22,24-27,29,36-37,42-43,48,69H,9-12,15-18,23H2,1-8H3,(H,55,58)(H,56,59)(H,60,67)(H,61,68)/t29?,36-,37-,42-,43-,48?/m0/s1. The number of thiazole rings is 1. The van der Waals surface area contributed by atoms with E-state index in [4.69, 9.17) is 23.9 Å². The molecule has 392 valence electrons. The minimum absolute atomic E-state index is 0.146. The van der Waals surface area contributed by atoms with E-state index in [1.807, 2.05) is 61.4 Å². The molecular weight excluding hydrogens is 972 g/mol. The molecule has 4 aliphatic heterocycles. The molecule has 6 atom stereocenters. The number of halogens is 1. The minimum Gasteiger partial charge on any atom is -0.464 e. The second kappa shape index (κ2) is 19.8. The van der Waals surface area contributed by atoms with Gasteiger partial charge in [0.2, 0.25) is 18.0 Å². The van der Waals surface area contributed by atoms with Crippen molar-refractivity contribution in [3.8, 4) is 39.5 Å². The minimum atomic E-state index is -1.22. The van der Waals surface area contributed by atoms with Crippen molar-refractivity contribution in [2.45, 2.75) is 122 Å². The Balaban J connectivity index is 0.960. The summed E-state index contributed by atoms with van der Waals surface area (Å²) in [5, 5.41) is 17.8. The van der Waals surface area contributed by atoms with Gasteiger partial charge in [0.1, 0.15) is 45.9 Å². The van der Waals surface area contributed by atoms with Crippen molar-refractivity contribution in [1.82, 2.24) is 49.9 Å². The van der Waals surface area contributed by atoms with Crippen LogP contribution in [0.1, 0.15) is 120 Å². The summed E-state index contributed by atoms with van der Waals surface area (Å²) in [6, 6.07) is 8.77. The van der Waals surface area contributed by atoms with Gasteiger partial charge in [-0.2, -0.15) is 0 Å². The molecule has 6 aromatic rings. The number of rotatable bonds is 12. The molecule has 3 saturated heterocycles. The van der Waals surface area contributed by atoms with Crippen LogP contribution in [-0.4, -0.2) is 120 Å². The SMILES string of the molecule is COC(=O)N[C@H](C(=O)N1CCC[C@H]1c1ncc(-c2cc(F)c3c(c2)OC(c2cnc(C(C)(C)O)s2)n2c-3cc3cc(-c4cnc([C@@H]5CCCN5C(=O)[C@@H](NC(=O)OC)C5CCOC(C)(C)C5)[nH]4)ccc32)[nH]1)C(C)C. The van der Waals surface area contributed by atoms with Gasteiger partial charge in [-0.3, -0.25) is 14.2 Å². The van der Waals surface area contributed by atoms with Gasteiger partial charge in [-0.05, 0) is 108 Å². The maximum Gasteiger partial charge on any atom is 0.407 e. The third-order valence-electron chi connectivity index (χ3n) is 14.8. The number of fused-ring (bicyclic) bond motifs is 5. The van der Waals surface area contributed by atoms with Gasteiger partial charge in [-0.1, -0.05) is 19.9 Å². The maximum atomic E-state index is 17.0. The second-order valence-corrected chi connectivity index (χ2v) is 22.2. The highest BCUT2D eigenvalue weighted by molar-refractivity contribution is 7.11. The van der Waals surface area contributed by atoms with Gasteiger partial charge >= 0.3 is 12.2 Å². The molecule has 2 aromatic carbocycles. The fourth-order valence-corrected chi connectivity index (χ4v) is 12.0. The van der Waals surface area contributed by atoms with Crippen LogP contribution >= 0.6 is 11.3 Å². The maximum absolute atomic E-state index is 17.0. The van der Waals surface area contributed by atoms with Crippen LogP contribution in [0.4, 0.5) is 14.0 Å². The highest BCUT2D eigenvalue weighted by atomic mass is 32.1. The van der Waals surface area contributed by atoms with Crippen LogP contribution in [0.5, 0.6) is 5.75 Å². The molecule has 10 rings (SSSR count). The molecule has 0 saturated carbocycles. The van der Waals surface area contributed by atoms with Crippen molar-refractivity contribution >= 4 is 46.2 Å². The number of hydrogen-bond donors (Lipinski definition) is 5. The Bertz CT molecular complexity index is 3120. The molecule has 74 heavy (non-hydrogen) atoms. The Hall–Kier alpha value is -6.84. The lowest BCUT2D eigenvalue weighted by Crippen LogP contribution is -2.54. The van der Waals surface area contributed by atoms with E-state index in [9.17, 15) is 24.3 Å². The van der Waals surface area contributed by atoms with Gasteiger partial charge in [-0.15, -0.1) is 11.3 Å². The van der Waals surface area contributed by atoms with Crippen LogP contribution in [0.15, 0.2) is 55.0 Å². The van der Waals surface area contributed by atoms with Crippen molar-refractivity contribution in [1.29, 1.82) is 0 Å². The quantitative estimate of drug-likeness (QED) is 0.0777. The molecule has 4 aliphatic rings. The lowest BCUT2D eigenvalue weighted by molar-refractivity contribution is -0.139. The van der Waals surface area contributed by atoms with Gasteiger partial charge in [-0.25, -0.2) is 28.9 Å². The highest BCUT2D eigenvalue weighted by Gasteiger charge is 2.44. The second-order valence-electron chi connectivity index (χ2n) is 21.2. The summed E-state index contributed by atoms with van der Waals surface area (Å²) in [5.74, 6) is 0.172. The smallest absolute Gasteiger partial charge is 0.407 e. The van der Waals surface area contributed by atoms with Gasteiger partial charge in [0, 0.05) is 42.4 Å². The molecule has 4 amide bonds. The van der Waals surface area contributed by atoms with E-state index < -0.39 is 53.6 Å². The van der Waals surface area contributed by atoms with Crippen molar-refractivity contribution in [3.05, 3.63) is 82.3 Å². The Morgan fingerprint density at radius 3 is 2.14 bits per heavy atom. The predicted octanol–water partition coefficient (Wildman–Crippen LogP) is 8.49. The number of alkyl carbamates (subject to hydrolysis) is 2. The first-order chi connectivity index (χ1) is 35.3. The molecule has 4 aromatic heterocycles. The number of ether oxygens (including phenoxy) is 4. The summed E-state index contributed by atoms with van der Waals surface area (Å²) in [7, 11) is 2.55. The van der Waals surface area contributed by atoms with Crippen LogP contribution in [-0.2, 0) is 29.4 Å². The number of imidazole rings is 2. The largest absolute Gasteiger partial charge is 0.464 e. The Morgan fingerprint density at radius 1 is 0.865 bits per heavy atom. The van der Waals surface area contributed by atoms with Crippen LogP contribution in [0.2, 0.25) is 0 Å². The number of amides is 4. The summed E-state index contributed by atoms with van der Waals surface area (Å²) >= 11 is 1.31. The van der Waals surface area contributed by atoms with E-state index in [1.165, 1.54) is 31.6 Å². The molecular formula is C53H63FN10O9S. The van der Waals surface area contributed by atoms with Crippen LogP contribution < -0.4 is 15.4 Å². The zero-order valence-corrected chi connectivity index (χ0v) is 43.6. The molecule has 0 bridgehead atoms. The van der Waals surface area contributed by atoms with Crippen molar-refractivity contribution in [3.63, 3.8) is 0 Å². The zero-order valence-electron chi connectivity index (χ0n) is 42.8. The fraction of sp³-hybridized carbons (Fsp3) is 0.491. The van der Waals surface area contributed by atoms with Crippen molar-refractivity contribution in [2.24, 2.45) is 11.8 Å². The first kappa shape index (κ1) is 50.7. The number of aromatic nitrogens is 6.